The van der Waals surface area contributed by atoms with Crippen molar-refractivity contribution in [3.8, 4) is 0 Å². The molecule has 3 aromatic heterocycles. The molecule has 172 valence electrons. The lowest BCUT2D eigenvalue weighted by molar-refractivity contribution is 0.102. The summed E-state index contributed by atoms with van der Waals surface area (Å²) in [6.07, 6.45) is 2.99. The lowest BCUT2D eigenvalue weighted by Gasteiger charge is -2.14. The minimum atomic E-state index is -3.82. The van der Waals surface area contributed by atoms with Gasteiger partial charge >= 0.3 is 0 Å². The summed E-state index contributed by atoms with van der Waals surface area (Å²) >= 11 is 6.10. The van der Waals surface area contributed by atoms with Gasteiger partial charge in [-0.25, -0.2) is 22.7 Å². The Kier molecular flexibility index (Phi) is 6.00. The quantitative estimate of drug-likeness (QED) is 0.442. The van der Waals surface area contributed by atoms with Crippen LogP contribution in [0.4, 0.5) is 5.82 Å². The zero-order valence-electron chi connectivity index (χ0n) is 18.5. The molecular formula is C22H22ClN5O4S. The second kappa shape index (κ2) is 8.62. The average molecular weight is 488 g/mol. The van der Waals surface area contributed by atoms with Gasteiger partial charge in [-0.15, -0.1) is 0 Å². The first-order valence-corrected chi connectivity index (χ1v) is 11.8. The molecule has 0 aliphatic carbocycles. The van der Waals surface area contributed by atoms with E-state index in [1.807, 2.05) is 30.5 Å². The van der Waals surface area contributed by atoms with E-state index in [2.05, 4.69) is 15.3 Å². The highest BCUT2D eigenvalue weighted by atomic mass is 35.5. The Labute approximate surface area is 196 Å². The predicted molar refractivity (Wildman–Crippen MR) is 125 cm³/mol. The Morgan fingerprint density at radius 1 is 1.21 bits per heavy atom. The Bertz CT molecular complexity index is 1460. The molecule has 4 aromatic rings. The highest BCUT2D eigenvalue weighted by Gasteiger charge is 2.24. The van der Waals surface area contributed by atoms with Crippen molar-refractivity contribution in [1.29, 1.82) is 0 Å². The first kappa shape index (κ1) is 23.0. The van der Waals surface area contributed by atoms with Gasteiger partial charge in [-0.3, -0.25) is 4.79 Å². The second-order valence-electron chi connectivity index (χ2n) is 7.68. The molecule has 33 heavy (non-hydrogen) atoms. The maximum Gasteiger partial charge on any atom is 0.256 e. The van der Waals surface area contributed by atoms with Gasteiger partial charge in [0, 0.05) is 25.4 Å². The van der Waals surface area contributed by atoms with Crippen LogP contribution in [-0.2, 0) is 16.6 Å². The van der Waals surface area contributed by atoms with Crippen molar-refractivity contribution < 1.29 is 17.6 Å². The van der Waals surface area contributed by atoms with Crippen molar-refractivity contribution in [2.75, 3.05) is 19.4 Å². The van der Waals surface area contributed by atoms with Gasteiger partial charge in [0.25, 0.3) is 5.91 Å². The second-order valence-corrected chi connectivity index (χ2v) is 10.2. The molecule has 0 radical (unpaired) electrons. The maximum atomic E-state index is 13.0. The zero-order valence-corrected chi connectivity index (χ0v) is 20.0. The molecular weight excluding hydrogens is 466 g/mol. The summed E-state index contributed by atoms with van der Waals surface area (Å²) in [6.45, 7) is 4.37. The number of anilines is 1. The summed E-state index contributed by atoms with van der Waals surface area (Å²) in [5.74, 6) is 0.587. The number of carbonyl (C=O) groups is 1. The van der Waals surface area contributed by atoms with Gasteiger partial charge in [0.2, 0.25) is 10.0 Å². The highest BCUT2D eigenvalue weighted by molar-refractivity contribution is 7.89. The Morgan fingerprint density at radius 3 is 2.64 bits per heavy atom. The summed E-state index contributed by atoms with van der Waals surface area (Å²) in [7, 11) is -1.03. The van der Waals surface area contributed by atoms with E-state index >= 15 is 0 Å². The van der Waals surface area contributed by atoms with E-state index in [1.165, 1.54) is 38.6 Å². The van der Waals surface area contributed by atoms with Crippen LogP contribution in [0.25, 0.3) is 11.0 Å². The molecule has 11 heteroatoms. The van der Waals surface area contributed by atoms with E-state index in [4.69, 9.17) is 16.0 Å². The number of halogens is 1. The summed E-state index contributed by atoms with van der Waals surface area (Å²) in [6, 6.07) is 7.80. The molecule has 9 nitrogen and oxygen atoms in total. The van der Waals surface area contributed by atoms with Crippen molar-refractivity contribution >= 4 is 44.4 Å². The van der Waals surface area contributed by atoms with E-state index < -0.39 is 15.9 Å². The molecule has 3 heterocycles. The van der Waals surface area contributed by atoms with E-state index in [9.17, 15) is 13.2 Å². The fraction of sp³-hybridized carbons (Fsp3) is 0.227. The maximum absolute atomic E-state index is 13.0. The Morgan fingerprint density at radius 2 is 1.97 bits per heavy atom. The number of rotatable bonds is 6. The van der Waals surface area contributed by atoms with Gasteiger partial charge in [-0.2, -0.15) is 0 Å². The monoisotopic (exact) mass is 487 g/mol. The van der Waals surface area contributed by atoms with Gasteiger partial charge in [-0.1, -0.05) is 11.6 Å². The normalized spacial score (nSPS) is 11.9. The van der Waals surface area contributed by atoms with Crippen LogP contribution in [0, 0.1) is 13.8 Å². The number of fused-ring (bicyclic) bond motifs is 1. The minimum Gasteiger partial charge on any atom is -0.467 e. The van der Waals surface area contributed by atoms with Crippen LogP contribution in [0.1, 0.15) is 27.4 Å². The van der Waals surface area contributed by atoms with Gasteiger partial charge in [0.1, 0.15) is 28.4 Å². The first-order valence-electron chi connectivity index (χ1n) is 9.97. The van der Waals surface area contributed by atoms with E-state index in [1.54, 1.807) is 6.26 Å². The third-order valence-corrected chi connectivity index (χ3v) is 7.78. The van der Waals surface area contributed by atoms with Crippen LogP contribution < -0.4 is 5.32 Å². The van der Waals surface area contributed by atoms with Crippen LogP contribution in [0.3, 0.4) is 0 Å². The van der Waals surface area contributed by atoms with Crippen molar-refractivity contribution in [3.05, 3.63) is 70.5 Å². The summed E-state index contributed by atoms with van der Waals surface area (Å²) in [5, 5.41) is 3.52. The third-order valence-electron chi connectivity index (χ3n) is 5.48. The molecule has 0 saturated heterocycles. The highest BCUT2D eigenvalue weighted by Crippen LogP contribution is 2.30. The number of nitrogens with one attached hydrogen (secondary N) is 1. The number of hydrogen-bond donors (Lipinski definition) is 1. The van der Waals surface area contributed by atoms with Crippen LogP contribution in [0.5, 0.6) is 0 Å². The van der Waals surface area contributed by atoms with Crippen molar-refractivity contribution in [2.45, 2.75) is 25.3 Å². The molecule has 4 rings (SSSR count). The number of nitrogens with zero attached hydrogens (tertiary/aromatic N) is 4. The topological polar surface area (TPSA) is 110 Å². The van der Waals surface area contributed by atoms with Crippen molar-refractivity contribution in [1.82, 2.24) is 18.8 Å². The Hall–Kier alpha value is -3.21. The number of sulfonamides is 1. The number of aryl methyl sites for hydroxylation is 1. The SMILES string of the molecule is Cc1c(C)n(Cc2ccco2)c2ncnc(NC(=O)c3ccc(Cl)c(S(=O)(=O)N(C)C)c3)c12. The van der Waals surface area contributed by atoms with Gasteiger partial charge in [0.15, 0.2) is 0 Å². The fourth-order valence-electron chi connectivity index (χ4n) is 3.53. The van der Waals surface area contributed by atoms with Crippen molar-refractivity contribution in [2.24, 2.45) is 0 Å². The lowest BCUT2D eigenvalue weighted by Crippen LogP contribution is -2.23. The smallest absolute Gasteiger partial charge is 0.256 e. The van der Waals surface area contributed by atoms with Gasteiger partial charge in [0.05, 0.1) is 23.2 Å². The molecule has 0 spiro atoms. The molecule has 1 aromatic carbocycles. The summed E-state index contributed by atoms with van der Waals surface area (Å²) in [4.78, 5) is 21.6. The predicted octanol–water partition coefficient (Wildman–Crippen LogP) is 3.85. The number of hydrogen-bond acceptors (Lipinski definition) is 6. The van der Waals surface area contributed by atoms with Crippen LogP contribution in [-0.4, -0.2) is 47.3 Å². The molecule has 0 saturated carbocycles. The van der Waals surface area contributed by atoms with E-state index in [0.29, 0.717) is 23.4 Å². The van der Waals surface area contributed by atoms with Crippen LogP contribution in [0.2, 0.25) is 5.02 Å². The van der Waals surface area contributed by atoms with E-state index in [0.717, 1.165) is 21.3 Å². The zero-order chi connectivity index (χ0) is 23.9. The number of benzene rings is 1. The molecule has 1 N–H and O–H groups in total. The third kappa shape index (κ3) is 4.12. The summed E-state index contributed by atoms with van der Waals surface area (Å²) < 4.78 is 33.6. The van der Waals surface area contributed by atoms with Crippen LogP contribution in [0.15, 0.2) is 52.2 Å². The standard InChI is InChI=1S/C22H22ClN5O4S/c1-13-14(2)28(11-16-6-5-9-32-16)21-19(13)20(24-12-25-21)26-22(29)15-7-8-17(23)18(10-15)33(30,31)27(3)4/h5-10,12H,11H2,1-4H3,(H,24,25,26,29). The average Bonchev–Trinajstić information content (AvgIpc) is 3.37. The van der Waals surface area contributed by atoms with Crippen molar-refractivity contribution in [3.63, 3.8) is 0 Å². The van der Waals surface area contributed by atoms with Gasteiger partial charge in [-0.05, 0) is 49.7 Å². The Balaban J connectivity index is 1.72. The molecule has 0 fully saturated rings. The fourth-order valence-corrected chi connectivity index (χ4v) is 4.93. The number of aromatic nitrogens is 3. The lowest BCUT2D eigenvalue weighted by atomic mass is 10.2. The number of amides is 1. The minimum absolute atomic E-state index is 0.0335. The van der Waals surface area contributed by atoms with Crippen LogP contribution >= 0.6 is 11.6 Å². The van der Waals surface area contributed by atoms with Gasteiger partial charge < -0.3 is 14.3 Å². The number of furan rings is 1. The largest absolute Gasteiger partial charge is 0.467 e. The first-order chi connectivity index (χ1) is 15.6. The molecule has 0 bridgehead atoms. The number of carbonyl (C=O) groups excluding carboxylic acids is 1. The molecule has 0 atom stereocenters. The molecule has 0 aliphatic rings. The molecule has 0 unspecified atom stereocenters. The van der Waals surface area contributed by atoms with E-state index in [-0.39, 0.29) is 15.5 Å². The summed E-state index contributed by atoms with van der Waals surface area (Å²) in [5.41, 5.74) is 2.66. The molecule has 0 aliphatic heterocycles. The molecule has 1 amide bonds.